The van der Waals surface area contributed by atoms with Gasteiger partial charge < -0.3 is 10.4 Å². The van der Waals surface area contributed by atoms with Gasteiger partial charge in [0.05, 0.1) is 5.71 Å². The van der Waals surface area contributed by atoms with Gasteiger partial charge in [-0.2, -0.15) is 5.10 Å². The predicted molar refractivity (Wildman–Crippen MR) is 73.2 cm³/mol. The zero-order chi connectivity index (χ0) is 14.3. The van der Waals surface area contributed by atoms with E-state index >= 15 is 0 Å². The largest absolute Gasteiger partial charge is 0.382 e. The van der Waals surface area contributed by atoms with Gasteiger partial charge in [-0.25, -0.2) is 5.43 Å². The summed E-state index contributed by atoms with van der Waals surface area (Å²) in [5.41, 5.74) is 5.80. The summed E-state index contributed by atoms with van der Waals surface area (Å²) in [6.45, 7) is 1.46. The molecule has 0 saturated heterocycles. The Hall–Kier alpha value is -2.21. The fraction of sp³-hybridized carbons (Fsp3) is 0.357. The average molecular weight is 273 g/mol. The molecule has 3 N–H and O–H groups in total. The summed E-state index contributed by atoms with van der Waals surface area (Å²) in [6.07, 6.45) is 0.381. The molecule has 6 nitrogen and oxygen atoms in total. The molecule has 2 amide bonds. The van der Waals surface area contributed by atoms with E-state index in [1.54, 1.807) is 6.07 Å². The topological polar surface area (TPSA) is 90.8 Å². The van der Waals surface area contributed by atoms with E-state index < -0.39 is 12.0 Å². The van der Waals surface area contributed by atoms with E-state index in [4.69, 9.17) is 0 Å². The number of rotatable bonds is 1. The summed E-state index contributed by atoms with van der Waals surface area (Å²) >= 11 is 0. The van der Waals surface area contributed by atoms with E-state index in [0.29, 0.717) is 12.1 Å². The van der Waals surface area contributed by atoms with Crippen LogP contribution in [0.15, 0.2) is 23.3 Å². The number of carbonyl (C=O) groups is 2. The zero-order valence-electron chi connectivity index (χ0n) is 11.0. The van der Waals surface area contributed by atoms with Gasteiger partial charge in [-0.1, -0.05) is 6.07 Å². The quantitative estimate of drug-likeness (QED) is 0.692. The number of nitrogens with one attached hydrogen (secondary N) is 2. The fourth-order valence-electron chi connectivity index (χ4n) is 2.79. The van der Waals surface area contributed by atoms with Crippen molar-refractivity contribution in [2.45, 2.75) is 25.9 Å². The SMILES string of the molecule is CC(=O)Nc1ccc2c(c1)CCC1C2=NNC(=O)C1O. The molecule has 1 heterocycles. The van der Waals surface area contributed by atoms with Crippen molar-refractivity contribution in [2.75, 3.05) is 5.32 Å². The van der Waals surface area contributed by atoms with Crippen LogP contribution in [0.3, 0.4) is 0 Å². The molecule has 104 valence electrons. The highest BCUT2D eigenvalue weighted by Crippen LogP contribution is 2.31. The maximum absolute atomic E-state index is 11.4. The smallest absolute Gasteiger partial charge is 0.269 e. The van der Waals surface area contributed by atoms with Crippen LogP contribution in [-0.4, -0.2) is 28.7 Å². The van der Waals surface area contributed by atoms with Crippen LogP contribution in [0.4, 0.5) is 5.69 Å². The number of aliphatic hydroxyl groups is 1. The molecule has 1 aliphatic heterocycles. The molecule has 1 aromatic carbocycles. The minimum Gasteiger partial charge on any atom is -0.382 e. The summed E-state index contributed by atoms with van der Waals surface area (Å²) in [6, 6.07) is 5.59. The summed E-state index contributed by atoms with van der Waals surface area (Å²) in [4.78, 5) is 22.5. The van der Waals surface area contributed by atoms with Gasteiger partial charge in [-0.15, -0.1) is 0 Å². The number of anilines is 1. The molecule has 20 heavy (non-hydrogen) atoms. The zero-order valence-corrected chi connectivity index (χ0v) is 11.0. The van der Waals surface area contributed by atoms with Crippen LogP contribution in [0.25, 0.3) is 0 Å². The molecular weight excluding hydrogens is 258 g/mol. The Kier molecular flexibility index (Phi) is 3.02. The van der Waals surface area contributed by atoms with Crippen molar-refractivity contribution in [2.24, 2.45) is 11.0 Å². The number of benzene rings is 1. The van der Waals surface area contributed by atoms with Crippen molar-refractivity contribution in [1.29, 1.82) is 0 Å². The van der Waals surface area contributed by atoms with E-state index in [-0.39, 0.29) is 11.8 Å². The first-order valence-corrected chi connectivity index (χ1v) is 6.52. The summed E-state index contributed by atoms with van der Waals surface area (Å²) < 4.78 is 0. The molecule has 0 bridgehead atoms. The maximum atomic E-state index is 11.4. The minimum absolute atomic E-state index is 0.115. The molecule has 3 rings (SSSR count). The molecule has 0 fully saturated rings. The third-order valence-electron chi connectivity index (χ3n) is 3.71. The van der Waals surface area contributed by atoms with Crippen molar-refractivity contribution in [3.63, 3.8) is 0 Å². The number of hydrogen-bond donors (Lipinski definition) is 3. The van der Waals surface area contributed by atoms with Crippen LogP contribution in [-0.2, 0) is 16.0 Å². The molecule has 1 aliphatic carbocycles. The highest BCUT2D eigenvalue weighted by atomic mass is 16.3. The second-order valence-corrected chi connectivity index (χ2v) is 5.12. The second-order valence-electron chi connectivity index (χ2n) is 5.12. The van der Waals surface area contributed by atoms with Crippen molar-refractivity contribution in [3.8, 4) is 0 Å². The van der Waals surface area contributed by atoms with Gasteiger partial charge in [0.2, 0.25) is 5.91 Å². The van der Waals surface area contributed by atoms with Crippen LogP contribution in [0, 0.1) is 5.92 Å². The molecule has 1 aromatic rings. The first-order valence-electron chi connectivity index (χ1n) is 6.52. The Balaban J connectivity index is 1.98. The lowest BCUT2D eigenvalue weighted by atomic mass is 9.78. The van der Waals surface area contributed by atoms with Crippen LogP contribution in [0.2, 0.25) is 0 Å². The number of hydrazone groups is 1. The van der Waals surface area contributed by atoms with Crippen molar-refractivity contribution < 1.29 is 14.7 Å². The fourth-order valence-corrected chi connectivity index (χ4v) is 2.79. The molecule has 0 aromatic heterocycles. The lowest BCUT2D eigenvalue weighted by molar-refractivity contribution is -0.131. The molecule has 0 radical (unpaired) electrons. The lowest BCUT2D eigenvalue weighted by Crippen LogP contribution is -2.47. The number of amides is 2. The van der Waals surface area contributed by atoms with Crippen molar-refractivity contribution in [1.82, 2.24) is 5.43 Å². The summed E-state index contributed by atoms with van der Waals surface area (Å²) in [5, 5.41) is 16.8. The Morgan fingerprint density at radius 2 is 2.30 bits per heavy atom. The van der Waals surface area contributed by atoms with E-state index in [9.17, 15) is 14.7 Å². The molecule has 0 spiro atoms. The Labute approximate surface area is 115 Å². The van der Waals surface area contributed by atoms with Crippen molar-refractivity contribution in [3.05, 3.63) is 29.3 Å². The van der Waals surface area contributed by atoms with Gasteiger partial charge in [0.1, 0.15) is 6.10 Å². The molecule has 0 saturated carbocycles. The Morgan fingerprint density at radius 1 is 1.50 bits per heavy atom. The van der Waals surface area contributed by atoms with Gasteiger partial charge in [-0.05, 0) is 30.5 Å². The van der Waals surface area contributed by atoms with E-state index in [0.717, 1.165) is 23.2 Å². The van der Waals surface area contributed by atoms with Gasteiger partial charge in [0.15, 0.2) is 0 Å². The molecule has 2 unspecified atom stereocenters. The number of aliphatic hydroxyl groups excluding tert-OH is 1. The minimum atomic E-state index is -1.04. The van der Waals surface area contributed by atoms with Crippen LogP contribution < -0.4 is 10.7 Å². The third-order valence-corrected chi connectivity index (χ3v) is 3.71. The number of aryl methyl sites for hydroxylation is 1. The first kappa shape index (κ1) is 12.8. The normalized spacial score (nSPS) is 24.1. The Bertz CT molecular complexity index is 624. The molecule has 2 atom stereocenters. The summed E-state index contributed by atoms with van der Waals surface area (Å²) in [5.74, 6) is -0.809. The highest BCUT2D eigenvalue weighted by Gasteiger charge is 2.37. The Morgan fingerprint density at radius 3 is 3.05 bits per heavy atom. The van der Waals surface area contributed by atoms with Gasteiger partial charge in [0.25, 0.3) is 5.91 Å². The maximum Gasteiger partial charge on any atom is 0.269 e. The lowest BCUT2D eigenvalue weighted by Gasteiger charge is -2.32. The van der Waals surface area contributed by atoms with Crippen molar-refractivity contribution >= 4 is 23.2 Å². The number of hydrogen-bond acceptors (Lipinski definition) is 4. The third kappa shape index (κ3) is 2.08. The van der Waals surface area contributed by atoms with E-state index in [1.807, 2.05) is 12.1 Å². The van der Waals surface area contributed by atoms with Gasteiger partial charge in [0, 0.05) is 24.1 Å². The van der Waals surface area contributed by atoms with Gasteiger partial charge >= 0.3 is 0 Å². The number of carbonyl (C=O) groups excluding carboxylic acids is 2. The molecular formula is C14H15N3O3. The monoisotopic (exact) mass is 273 g/mol. The van der Waals surface area contributed by atoms with E-state index in [2.05, 4.69) is 15.8 Å². The number of fused-ring (bicyclic) bond motifs is 3. The average Bonchev–Trinajstić information content (AvgIpc) is 2.41. The molecule has 6 heteroatoms. The first-order chi connectivity index (χ1) is 9.56. The summed E-state index contributed by atoms with van der Waals surface area (Å²) in [7, 11) is 0. The van der Waals surface area contributed by atoms with Crippen LogP contribution in [0.5, 0.6) is 0 Å². The molecule has 2 aliphatic rings. The van der Waals surface area contributed by atoms with Gasteiger partial charge in [-0.3, -0.25) is 9.59 Å². The number of nitrogens with zero attached hydrogens (tertiary/aromatic N) is 1. The second kappa shape index (κ2) is 4.72. The van der Waals surface area contributed by atoms with E-state index in [1.165, 1.54) is 6.92 Å². The highest BCUT2D eigenvalue weighted by molar-refractivity contribution is 6.09. The van der Waals surface area contributed by atoms with Crippen LogP contribution >= 0.6 is 0 Å². The van der Waals surface area contributed by atoms with Crippen LogP contribution in [0.1, 0.15) is 24.5 Å². The standard InChI is InChI=1S/C14H15N3O3/c1-7(18)15-9-3-5-10-8(6-9)2-4-11-12(10)16-17-14(20)13(11)19/h3,5-6,11,13,19H,2,4H2,1H3,(H,15,18)(H,17,20). The predicted octanol–water partition coefficient (Wildman–Crippen LogP) is 0.402.